The first-order valence-electron chi connectivity index (χ1n) is 9.18. The molecule has 0 fully saturated rings. The maximum atomic E-state index is 12.6. The predicted molar refractivity (Wildman–Crippen MR) is 113 cm³/mol. The van der Waals surface area contributed by atoms with Crippen LogP contribution in [0.5, 0.6) is 5.75 Å². The second-order valence-electron chi connectivity index (χ2n) is 10.1. The zero-order valence-electron chi connectivity index (χ0n) is 18.3. The second kappa shape index (κ2) is 7.43. The molecule has 1 aromatic carbocycles. The number of phenolic OH excluding ortho intramolecular Hbond substituents is 1. The maximum absolute atomic E-state index is 12.6. The number of carbonyl (C=O) groups excluding carboxylic acids is 2. The number of hydrogen-bond acceptors (Lipinski definition) is 5. The van der Waals surface area contributed by atoms with Crippen LogP contribution in [-0.4, -0.2) is 33.7 Å². The SMILES string of the molecule is CC(C)(C)[Si](C)(C)OC(=O)c1cc(O)cc(C(=O)O[Si](C)(C)C(C)(C)C)c1. The Morgan fingerprint density at radius 2 is 1.04 bits per heavy atom. The van der Waals surface area contributed by atoms with Crippen LogP contribution in [0.2, 0.25) is 36.3 Å². The minimum atomic E-state index is -2.32. The maximum Gasteiger partial charge on any atom is 0.324 e. The number of carbonyl (C=O) groups is 2. The Bertz CT molecular complexity index is 667. The standard InChI is InChI=1S/C20H34O5Si2/c1-19(2,3)26(7,8)24-17(22)14-11-15(13-16(21)12-14)18(23)25-27(9,10)20(4,5)6/h11-13,21H,1-10H3. The molecule has 0 atom stereocenters. The van der Waals surface area contributed by atoms with Crippen molar-refractivity contribution in [2.45, 2.75) is 77.8 Å². The Morgan fingerprint density at radius 3 is 1.30 bits per heavy atom. The van der Waals surface area contributed by atoms with Crippen molar-refractivity contribution in [3.8, 4) is 5.75 Å². The van der Waals surface area contributed by atoms with E-state index >= 15 is 0 Å². The van der Waals surface area contributed by atoms with Gasteiger partial charge in [0.05, 0.1) is 11.1 Å². The van der Waals surface area contributed by atoms with E-state index in [4.69, 9.17) is 8.85 Å². The van der Waals surface area contributed by atoms with Crippen molar-refractivity contribution >= 4 is 28.6 Å². The summed E-state index contributed by atoms with van der Waals surface area (Å²) < 4.78 is 11.6. The molecule has 1 aromatic rings. The first-order chi connectivity index (χ1) is 11.9. The Morgan fingerprint density at radius 1 is 0.741 bits per heavy atom. The van der Waals surface area contributed by atoms with E-state index in [0.717, 1.165) is 0 Å². The first kappa shape index (κ1) is 23.4. The summed E-state index contributed by atoms with van der Waals surface area (Å²) in [6.45, 7) is 20.1. The van der Waals surface area contributed by atoms with Gasteiger partial charge in [-0.2, -0.15) is 0 Å². The van der Waals surface area contributed by atoms with Crippen molar-refractivity contribution in [3.05, 3.63) is 29.3 Å². The van der Waals surface area contributed by atoms with Crippen molar-refractivity contribution < 1.29 is 23.5 Å². The van der Waals surface area contributed by atoms with E-state index in [1.54, 1.807) is 0 Å². The lowest BCUT2D eigenvalue weighted by Crippen LogP contribution is -2.43. The third-order valence-electron chi connectivity index (χ3n) is 5.70. The molecule has 7 heteroatoms. The van der Waals surface area contributed by atoms with Crippen LogP contribution in [0, 0.1) is 0 Å². The molecule has 0 aliphatic heterocycles. The number of hydrogen-bond donors (Lipinski definition) is 1. The lowest BCUT2D eigenvalue weighted by atomic mass is 10.1. The summed E-state index contributed by atoms with van der Waals surface area (Å²) >= 11 is 0. The van der Waals surface area contributed by atoms with Gasteiger partial charge < -0.3 is 14.0 Å². The van der Waals surface area contributed by atoms with Crippen LogP contribution in [0.3, 0.4) is 0 Å². The minimum absolute atomic E-state index is 0.135. The molecule has 5 nitrogen and oxygen atoms in total. The van der Waals surface area contributed by atoms with Crippen molar-refractivity contribution in [2.24, 2.45) is 0 Å². The smallest absolute Gasteiger partial charge is 0.324 e. The van der Waals surface area contributed by atoms with E-state index in [2.05, 4.69) is 0 Å². The van der Waals surface area contributed by atoms with Crippen molar-refractivity contribution in [1.29, 1.82) is 0 Å². The average Bonchev–Trinajstić information content (AvgIpc) is 2.43. The molecular formula is C20H34O5Si2. The van der Waals surface area contributed by atoms with Gasteiger partial charge in [-0.3, -0.25) is 0 Å². The average molecular weight is 411 g/mol. The van der Waals surface area contributed by atoms with E-state index in [1.165, 1.54) is 18.2 Å². The van der Waals surface area contributed by atoms with Crippen LogP contribution >= 0.6 is 0 Å². The highest BCUT2D eigenvalue weighted by atomic mass is 28.4. The van der Waals surface area contributed by atoms with Crippen LogP contribution in [-0.2, 0) is 8.85 Å². The van der Waals surface area contributed by atoms with E-state index in [1.807, 2.05) is 67.7 Å². The fourth-order valence-corrected chi connectivity index (χ4v) is 3.51. The van der Waals surface area contributed by atoms with Gasteiger partial charge in [-0.15, -0.1) is 0 Å². The Labute approximate surface area is 165 Å². The number of phenols is 1. The van der Waals surface area contributed by atoms with E-state index in [0.29, 0.717) is 0 Å². The summed E-state index contributed by atoms with van der Waals surface area (Å²) in [4.78, 5) is 25.3. The summed E-state index contributed by atoms with van der Waals surface area (Å²) in [7, 11) is -4.63. The van der Waals surface area contributed by atoms with Gasteiger partial charge in [0.15, 0.2) is 0 Å². The number of aromatic hydroxyl groups is 1. The molecular weight excluding hydrogens is 376 g/mol. The largest absolute Gasteiger partial charge is 0.516 e. The lowest BCUT2D eigenvalue weighted by Gasteiger charge is -2.35. The van der Waals surface area contributed by atoms with Crippen LogP contribution < -0.4 is 0 Å². The molecule has 0 spiro atoms. The minimum Gasteiger partial charge on any atom is -0.516 e. The molecule has 1 N–H and O–H groups in total. The van der Waals surface area contributed by atoms with E-state index in [9.17, 15) is 14.7 Å². The van der Waals surface area contributed by atoms with Crippen molar-refractivity contribution in [2.75, 3.05) is 0 Å². The van der Waals surface area contributed by atoms with Crippen LogP contribution in [0.25, 0.3) is 0 Å². The molecule has 27 heavy (non-hydrogen) atoms. The Balaban J connectivity index is 3.14. The third-order valence-corrected chi connectivity index (χ3v) is 14.3. The molecule has 0 aromatic heterocycles. The summed E-state index contributed by atoms with van der Waals surface area (Å²) in [5, 5.41) is 9.74. The van der Waals surface area contributed by atoms with Gasteiger partial charge >= 0.3 is 11.9 Å². The normalized spacial score (nSPS) is 13.3. The summed E-state index contributed by atoms with van der Waals surface area (Å²) in [5.74, 6) is -1.22. The molecule has 0 saturated heterocycles. The molecule has 0 saturated carbocycles. The van der Waals surface area contributed by atoms with Crippen molar-refractivity contribution in [1.82, 2.24) is 0 Å². The zero-order chi connectivity index (χ0) is 21.4. The van der Waals surface area contributed by atoms with E-state index < -0.39 is 28.6 Å². The van der Waals surface area contributed by atoms with Crippen LogP contribution in [0.15, 0.2) is 18.2 Å². The molecule has 0 unspecified atom stereocenters. The molecule has 0 aliphatic carbocycles. The van der Waals surface area contributed by atoms with Gasteiger partial charge in [-0.25, -0.2) is 9.59 Å². The molecule has 0 radical (unpaired) electrons. The van der Waals surface area contributed by atoms with Crippen molar-refractivity contribution in [3.63, 3.8) is 0 Å². The molecule has 0 heterocycles. The zero-order valence-corrected chi connectivity index (χ0v) is 20.3. The highest BCUT2D eigenvalue weighted by Crippen LogP contribution is 2.38. The second-order valence-corrected chi connectivity index (χ2v) is 19.5. The van der Waals surface area contributed by atoms with E-state index in [-0.39, 0.29) is 27.0 Å². The highest BCUT2D eigenvalue weighted by molar-refractivity contribution is 6.76. The fraction of sp³-hybridized carbons (Fsp3) is 0.600. The molecule has 0 amide bonds. The van der Waals surface area contributed by atoms with Gasteiger partial charge in [0.25, 0.3) is 16.6 Å². The van der Waals surface area contributed by atoms with Gasteiger partial charge in [0.1, 0.15) is 5.75 Å². The highest BCUT2D eigenvalue weighted by Gasteiger charge is 2.42. The molecule has 0 bridgehead atoms. The van der Waals surface area contributed by atoms with Crippen LogP contribution in [0.1, 0.15) is 62.3 Å². The number of benzene rings is 1. The van der Waals surface area contributed by atoms with Crippen LogP contribution in [0.4, 0.5) is 0 Å². The monoisotopic (exact) mass is 410 g/mol. The fourth-order valence-electron chi connectivity index (χ4n) is 1.73. The summed E-state index contributed by atoms with van der Waals surface area (Å²) in [6.07, 6.45) is 0. The Kier molecular flexibility index (Phi) is 6.45. The molecule has 152 valence electrons. The summed E-state index contributed by atoms with van der Waals surface area (Å²) in [6, 6.07) is 4.07. The van der Waals surface area contributed by atoms with Gasteiger partial charge in [-0.05, 0) is 54.5 Å². The quantitative estimate of drug-likeness (QED) is 0.643. The Hall–Kier alpha value is -1.61. The van der Waals surface area contributed by atoms with Gasteiger partial charge in [0.2, 0.25) is 0 Å². The van der Waals surface area contributed by atoms with Gasteiger partial charge in [-0.1, -0.05) is 41.5 Å². The predicted octanol–water partition coefficient (Wildman–Crippen LogP) is 5.72. The molecule has 1 rings (SSSR count). The first-order valence-corrected chi connectivity index (χ1v) is 15.0. The molecule has 0 aliphatic rings. The topological polar surface area (TPSA) is 72.8 Å². The van der Waals surface area contributed by atoms with Gasteiger partial charge in [0, 0.05) is 0 Å². The summed E-state index contributed by atoms with van der Waals surface area (Å²) in [5.41, 5.74) is 0.309. The lowest BCUT2D eigenvalue weighted by molar-refractivity contribution is 0.0712. The third kappa shape index (κ3) is 5.68. The number of rotatable bonds is 4.